The molecule has 0 aromatic heterocycles. The van der Waals surface area contributed by atoms with Crippen LogP contribution in [0.15, 0.2) is 12.2 Å². The van der Waals surface area contributed by atoms with E-state index in [1.807, 2.05) is 0 Å². The largest absolute Gasteiger partial charge is 0.475 e. The van der Waals surface area contributed by atoms with Crippen LogP contribution < -0.4 is 0 Å². The summed E-state index contributed by atoms with van der Waals surface area (Å²) in [6.45, 7) is 11.1. The zero-order valence-corrected chi connectivity index (χ0v) is 20.8. The molecular weight excluding hydrogens is 424 g/mol. The first-order chi connectivity index (χ1) is 15.6. The van der Waals surface area contributed by atoms with Crippen molar-refractivity contribution in [3.63, 3.8) is 0 Å². The van der Waals surface area contributed by atoms with Crippen molar-refractivity contribution in [2.45, 2.75) is 116 Å². The summed E-state index contributed by atoms with van der Waals surface area (Å²) in [6, 6.07) is 0. The molecule has 0 bridgehead atoms. The Balaban J connectivity index is 1.82. The van der Waals surface area contributed by atoms with Crippen LogP contribution in [0.2, 0.25) is 0 Å². The molecule has 0 aromatic rings. The molecule has 2 unspecified atom stereocenters. The highest BCUT2D eigenvalue weighted by Gasteiger charge is 2.50. The van der Waals surface area contributed by atoms with Crippen LogP contribution in [0.1, 0.15) is 98.3 Å². The minimum Gasteiger partial charge on any atom is -0.475 e. The Morgan fingerprint density at radius 1 is 1.12 bits per heavy atom. The van der Waals surface area contributed by atoms with Gasteiger partial charge in [0.2, 0.25) is 0 Å². The van der Waals surface area contributed by atoms with Gasteiger partial charge in [-0.1, -0.05) is 58.1 Å². The van der Waals surface area contributed by atoms with E-state index in [4.69, 9.17) is 14.2 Å². The molecular formula is C26H42O7. The Morgan fingerprint density at radius 3 is 2.36 bits per heavy atom. The van der Waals surface area contributed by atoms with Gasteiger partial charge >= 0.3 is 23.7 Å². The molecule has 33 heavy (non-hydrogen) atoms. The molecule has 1 N–H and O–H groups in total. The molecule has 1 saturated carbocycles. The summed E-state index contributed by atoms with van der Waals surface area (Å²) in [5, 5.41) is 9.58. The summed E-state index contributed by atoms with van der Waals surface area (Å²) in [6.07, 6.45) is 10.9. The number of hydrogen-bond acceptors (Lipinski definition) is 6. The Morgan fingerprint density at radius 2 is 1.79 bits per heavy atom. The third-order valence-corrected chi connectivity index (χ3v) is 7.27. The van der Waals surface area contributed by atoms with Crippen molar-refractivity contribution in [3.8, 4) is 0 Å². The number of ether oxygens (including phenoxy) is 3. The van der Waals surface area contributed by atoms with Crippen LogP contribution >= 0.6 is 0 Å². The molecule has 2 aliphatic rings. The van der Waals surface area contributed by atoms with Gasteiger partial charge in [0.05, 0.1) is 12.2 Å². The van der Waals surface area contributed by atoms with E-state index in [0.29, 0.717) is 18.3 Å². The van der Waals surface area contributed by atoms with Gasteiger partial charge in [0.25, 0.3) is 0 Å². The van der Waals surface area contributed by atoms with Gasteiger partial charge in [0.1, 0.15) is 0 Å². The lowest BCUT2D eigenvalue weighted by Crippen LogP contribution is -2.47. The molecule has 1 heterocycles. The minimum absolute atomic E-state index is 0.0407. The standard InChI is InChI=1S/C26H42O7/c1-6-17(2)10-8-7-9-11-21-13-12-18(3)22(21)16-24-23(31-24)14-15-26(25(29)30,32-19(4)27)33-20(5)28/h17,21-24H,3,6-16H2,1-2,4-5H3,(H,29,30)/t17?,21-,22-,23?,24+/m0/s1. The highest BCUT2D eigenvalue weighted by atomic mass is 16.7. The number of allylic oxidation sites excluding steroid dienone is 1. The van der Waals surface area contributed by atoms with Crippen molar-refractivity contribution >= 4 is 17.9 Å². The molecule has 0 radical (unpaired) electrons. The molecule has 7 heteroatoms. The Kier molecular flexibility index (Phi) is 10.4. The molecule has 1 aliphatic carbocycles. The molecule has 5 atom stereocenters. The quantitative estimate of drug-likeness (QED) is 0.113. The number of unbranched alkanes of at least 4 members (excludes halogenated alkanes) is 2. The first-order valence-electron chi connectivity index (χ1n) is 12.5. The maximum Gasteiger partial charge on any atom is 0.390 e. The van der Waals surface area contributed by atoms with Gasteiger partial charge in [-0.3, -0.25) is 9.59 Å². The summed E-state index contributed by atoms with van der Waals surface area (Å²) in [4.78, 5) is 34.6. The van der Waals surface area contributed by atoms with E-state index >= 15 is 0 Å². The Hall–Kier alpha value is -1.89. The number of carbonyl (C=O) groups is 3. The van der Waals surface area contributed by atoms with Crippen LogP contribution in [0, 0.1) is 17.8 Å². The average Bonchev–Trinajstić information content (AvgIpc) is 3.39. The number of carbonyl (C=O) groups excluding carboxylic acids is 2. The fraction of sp³-hybridized carbons (Fsp3) is 0.808. The molecule has 1 aliphatic heterocycles. The Labute approximate surface area is 198 Å². The van der Waals surface area contributed by atoms with E-state index in [0.717, 1.165) is 32.6 Å². The van der Waals surface area contributed by atoms with Gasteiger partial charge in [-0.2, -0.15) is 0 Å². The molecule has 7 nitrogen and oxygen atoms in total. The topological polar surface area (TPSA) is 102 Å². The lowest BCUT2D eigenvalue weighted by Gasteiger charge is -2.27. The van der Waals surface area contributed by atoms with E-state index in [1.54, 1.807) is 0 Å². The average molecular weight is 467 g/mol. The highest BCUT2D eigenvalue weighted by molar-refractivity contribution is 5.82. The number of esters is 2. The van der Waals surface area contributed by atoms with Gasteiger partial charge < -0.3 is 19.3 Å². The van der Waals surface area contributed by atoms with E-state index in [1.165, 1.54) is 50.5 Å². The van der Waals surface area contributed by atoms with Crippen LogP contribution in [0.4, 0.5) is 0 Å². The van der Waals surface area contributed by atoms with Crippen LogP contribution in [0.5, 0.6) is 0 Å². The van der Waals surface area contributed by atoms with Gasteiger partial charge in [-0.15, -0.1) is 0 Å². The maximum atomic E-state index is 11.8. The van der Waals surface area contributed by atoms with Gasteiger partial charge in [-0.25, -0.2) is 4.79 Å². The molecule has 0 spiro atoms. The maximum absolute atomic E-state index is 11.8. The van der Waals surface area contributed by atoms with Crippen molar-refractivity contribution in [1.82, 2.24) is 0 Å². The summed E-state index contributed by atoms with van der Waals surface area (Å²) >= 11 is 0. The van der Waals surface area contributed by atoms with Gasteiger partial charge in [-0.05, 0) is 49.9 Å². The van der Waals surface area contributed by atoms with Gasteiger partial charge in [0.15, 0.2) is 0 Å². The lowest BCUT2D eigenvalue weighted by molar-refractivity contribution is -0.237. The first kappa shape index (κ1) is 27.4. The predicted molar refractivity (Wildman–Crippen MR) is 124 cm³/mol. The molecule has 0 aromatic carbocycles. The van der Waals surface area contributed by atoms with Crippen molar-refractivity contribution in [2.75, 3.05) is 0 Å². The number of aliphatic carboxylic acids is 1. The smallest absolute Gasteiger partial charge is 0.390 e. The van der Waals surface area contributed by atoms with Crippen molar-refractivity contribution in [3.05, 3.63) is 12.2 Å². The lowest BCUT2D eigenvalue weighted by atomic mass is 9.85. The number of carboxylic acids is 1. The van der Waals surface area contributed by atoms with Gasteiger partial charge in [0, 0.05) is 20.3 Å². The highest BCUT2D eigenvalue weighted by Crippen LogP contribution is 2.45. The van der Waals surface area contributed by atoms with Crippen molar-refractivity contribution < 1.29 is 33.7 Å². The summed E-state index contributed by atoms with van der Waals surface area (Å²) < 4.78 is 15.7. The van der Waals surface area contributed by atoms with Crippen molar-refractivity contribution in [2.24, 2.45) is 17.8 Å². The second-order valence-electron chi connectivity index (χ2n) is 9.95. The first-order valence-corrected chi connectivity index (χ1v) is 12.5. The van der Waals surface area contributed by atoms with Crippen LogP contribution in [0.3, 0.4) is 0 Å². The van der Waals surface area contributed by atoms with E-state index in [2.05, 4.69) is 20.4 Å². The Bertz CT molecular complexity index is 685. The van der Waals surface area contributed by atoms with E-state index in [-0.39, 0.29) is 18.6 Å². The molecule has 188 valence electrons. The molecule has 2 fully saturated rings. The summed E-state index contributed by atoms with van der Waals surface area (Å²) in [5.74, 6) is -3.53. The molecule has 1 saturated heterocycles. The normalized spacial score (nSPS) is 25.5. The van der Waals surface area contributed by atoms with E-state index in [9.17, 15) is 19.5 Å². The zero-order chi connectivity index (χ0) is 24.6. The number of rotatable bonds is 15. The number of carboxylic acid groups (broad SMARTS) is 1. The van der Waals surface area contributed by atoms with Crippen LogP contribution in [-0.2, 0) is 28.6 Å². The summed E-state index contributed by atoms with van der Waals surface area (Å²) in [7, 11) is 0. The SMILES string of the molecule is C=C1CC[C@H](CCCCCC(C)CC)[C@H]1C[C@H]1OC1CCC(OC(C)=O)(OC(C)=O)C(=O)O. The molecule has 0 amide bonds. The fourth-order valence-corrected chi connectivity index (χ4v) is 5.08. The third kappa shape index (κ3) is 8.43. The predicted octanol–water partition coefficient (Wildman–Crippen LogP) is 5.41. The van der Waals surface area contributed by atoms with E-state index < -0.39 is 23.7 Å². The number of epoxide rings is 1. The second kappa shape index (κ2) is 12.5. The van der Waals surface area contributed by atoms with Crippen LogP contribution in [-0.4, -0.2) is 41.0 Å². The summed E-state index contributed by atoms with van der Waals surface area (Å²) in [5.41, 5.74) is 1.30. The van der Waals surface area contributed by atoms with Crippen molar-refractivity contribution in [1.29, 1.82) is 0 Å². The second-order valence-corrected chi connectivity index (χ2v) is 9.95. The number of hydrogen-bond donors (Lipinski definition) is 1. The van der Waals surface area contributed by atoms with Crippen LogP contribution in [0.25, 0.3) is 0 Å². The third-order valence-electron chi connectivity index (χ3n) is 7.27. The zero-order valence-electron chi connectivity index (χ0n) is 20.8. The molecule has 2 rings (SSSR count). The minimum atomic E-state index is -2.30. The fourth-order valence-electron chi connectivity index (χ4n) is 5.08. The monoisotopic (exact) mass is 466 g/mol.